The number of nitrogens with zero attached hydrogens (tertiary/aromatic N) is 1. The van der Waals surface area contributed by atoms with E-state index < -0.39 is 5.54 Å². The maximum Gasteiger partial charge on any atom is 0.254 e. The molecule has 0 radical (unpaired) electrons. The molecular weight excluding hydrogens is 318 g/mol. The molecule has 6 nitrogen and oxygen atoms in total. The average molecular weight is 343 g/mol. The molecule has 1 aliphatic heterocycles. The van der Waals surface area contributed by atoms with Crippen molar-refractivity contribution in [2.75, 3.05) is 13.1 Å². The summed E-state index contributed by atoms with van der Waals surface area (Å²) in [4.78, 5) is 38.1. The molecule has 2 rings (SSSR count). The summed E-state index contributed by atoms with van der Waals surface area (Å²) in [6.07, 6.45) is 2.65. The normalized spacial score (nSPS) is 19.9. The Kier molecular flexibility index (Phi) is 5.96. The molecule has 1 aliphatic rings. The molecule has 1 fully saturated rings. The molecular formula is C19H25N3O3. The van der Waals surface area contributed by atoms with E-state index in [4.69, 9.17) is 0 Å². The molecule has 3 amide bonds. The van der Waals surface area contributed by atoms with E-state index in [1.165, 1.54) is 6.08 Å². The first-order valence-corrected chi connectivity index (χ1v) is 8.52. The number of rotatable bonds is 6. The minimum absolute atomic E-state index is 0.0993. The van der Waals surface area contributed by atoms with Crippen molar-refractivity contribution < 1.29 is 14.4 Å². The van der Waals surface area contributed by atoms with Gasteiger partial charge in [0.1, 0.15) is 5.54 Å². The Bertz CT molecular complexity index is 669. The van der Waals surface area contributed by atoms with Gasteiger partial charge in [-0.25, -0.2) is 0 Å². The molecule has 1 heterocycles. The van der Waals surface area contributed by atoms with Crippen LogP contribution in [0.15, 0.2) is 36.9 Å². The van der Waals surface area contributed by atoms with E-state index in [0.717, 1.165) is 12.0 Å². The molecule has 134 valence electrons. The predicted molar refractivity (Wildman–Crippen MR) is 95.8 cm³/mol. The summed E-state index contributed by atoms with van der Waals surface area (Å²) in [6, 6.07) is 7.07. The second kappa shape index (κ2) is 7.96. The third kappa shape index (κ3) is 4.07. The number of carbonyl (C=O) groups excluding carboxylic acids is 3. The number of piperazine rings is 1. The lowest BCUT2D eigenvalue weighted by molar-refractivity contribution is -0.134. The SMILES string of the molecule is C=CC(=O)NCc1ccc(C(=O)N2CCNC(=O)C2(C)CCC)cc1. The minimum Gasteiger partial charge on any atom is -0.352 e. The first kappa shape index (κ1) is 18.7. The van der Waals surface area contributed by atoms with Crippen molar-refractivity contribution in [3.8, 4) is 0 Å². The van der Waals surface area contributed by atoms with Crippen LogP contribution in [-0.2, 0) is 16.1 Å². The third-order valence-corrected chi connectivity index (χ3v) is 4.54. The molecule has 1 unspecified atom stereocenters. The minimum atomic E-state index is -0.819. The Morgan fingerprint density at radius 1 is 1.36 bits per heavy atom. The lowest BCUT2D eigenvalue weighted by Gasteiger charge is -2.43. The largest absolute Gasteiger partial charge is 0.352 e. The number of amides is 3. The smallest absolute Gasteiger partial charge is 0.254 e. The molecule has 1 saturated heterocycles. The van der Waals surface area contributed by atoms with E-state index in [9.17, 15) is 14.4 Å². The summed E-state index contributed by atoms with van der Waals surface area (Å²) < 4.78 is 0. The van der Waals surface area contributed by atoms with E-state index in [0.29, 0.717) is 31.6 Å². The first-order chi connectivity index (χ1) is 11.9. The van der Waals surface area contributed by atoms with Gasteiger partial charge in [-0.2, -0.15) is 0 Å². The van der Waals surface area contributed by atoms with Gasteiger partial charge in [0.15, 0.2) is 0 Å². The van der Waals surface area contributed by atoms with Crippen LogP contribution < -0.4 is 10.6 Å². The fourth-order valence-electron chi connectivity index (χ4n) is 3.08. The van der Waals surface area contributed by atoms with Crippen LogP contribution in [0.5, 0.6) is 0 Å². The first-order valence-electron chi connectivity index (χ1n) is 8.52. The molecule has 0 saturated carbocycles. The molecule has 1 aromatic rings. The summed E-state index contributed by atoms with van der Waals surface area (Å²) in [5.74, 6) is -0.486. The summed E-state index contributed by atoms with van der Waals surface area (Å²) >= 11 is 0. The van der Waals surface area contributed by atoms with Crippen LogP contribution in [0.25, 0.3) is 0 Å². The van der Waals surface area contributed by atoms with Gasteiger partial charge < -0.3 is 15.5 Å². The van der Waals surface area contributed by atoms with Crippen molar-refractivity contribution in [1.29, 1.82) is 0 Å². The number of hydrogen-bond donors (Lipinski definition) is 2. The second-order valence-electron chi connectivity index (χ2n) is 6.36. The Morgan fingerprint density at radius 3 is 2.64 bits per heavy atom. The van der Waals surface area contributed by atoms with Crippen molar-refractivity contribution in [3.63, 3.8) is 0 Å². The zero-order valence-electron chi connectivity index (χ0n) is 14.8. The predicted octanol–water partition coefficient (Wildman–Crippen LogP) is 1.62. The van der Waals surface area contributed by atoms with Crippen molar-refractivity contribution in [2.24, 2.45) is 0 Å². The van der Waals surface area contributed by atoms with Crippen LogP contribution in [0.4, 0.5) is 0 Å². The standard InChI is InChI=1S/C19H25N3O3/c1-4-10-19(3)18(25)20-11-12-22(19)17(24)15-8-6-14(7-9-15)13-21-16(23)5-2/h5-9H,2,4,10-13H2,1,3H3,(H,20,25)(H,21,23). The van der Waals surface area contributed by atoms with Gasteiger partial charge in [-0.1, -0.05) is 32.1 Å². The highest BCUT2D eigenvalue weighted by molar-refractivity contribution is 5.99. The van der Waals surface area contributed by atoms with Crippen LogP contribution in [0.2, 0.25) is 0 Å². The molecule has 0 aromatic heterocycles. The Balaban J connectivity index is 2.14. The molecule has 1 aromatic carbocycles. The molecule has 2 N–H and O–H groups in total. The van der Waals surface area contributed by atoms with Gasteiger partial charge in [0.25, 0.3) is 5.91 Å². The summed E-state index contributed by atoms with van der Waals surface area (Å²) in [7, 11) is 0. The van der Waals surface area contributed by atoms with E-state index in [1.807, 2.05) is 13.8 Å². The highest BCUT2D eigenvalue weighted by Gasteiger charge is 2.43. The van der Waals surface area contributed by atoms with Crippen molar-refractivity contribution >= 4 is 17.7 Å². The number of nitrogens with one attached hydrogen (secondary N) is 2. The summed E-state index contributed by atoms with van der Waals surface area (Å²) in [6.45, 7) is 8.57. The Hall–Kier alpha value is -2.63. The fraction of sp³-hybridized carbons (Fsp3) is 0.421. The van der Waals surface area contributed by atoms with Crippen LogP contribution in [-0.4, -0.2) is 41.2 Å². The quantitative estimate of drug-likeness (QED) is 0.771. The van der Waals surface area contributed by atoms with E-state index in [1.54, 1.807) is 29.2 Å². The van der Waals surface area contributed by atoms with Gasteiger partial charge in [0.05, 0.1) is 0 Å². The topological polar surface area (TPSA) is 78.5 Å². The van der Waals surface area contributed by atoms with Crippen molar-refractivity contribution in [3.05, 3.63) is 48.0 Å². The Labute approximate surface area is 148 Å². The lowest BCUT2D eigenvalue weighted by atomic mass is 9.90. The lowest BCUT2D eigenvalue weighted by Crippen LogP contribution is -2.64. The van der Waals surface area contributed by atoms with Crippen LogP contribution in [0.1, 0.15) is 42.6 Å². The van der Waals surface area contributed by atoms with E-state index in [2.05, 4.69) is 17.2 Å². The fourth-order valence-corrected chi connectivity index (χ4v) is 3.08. The van der Waals surface area contributed by atoms with Crippen LogP contribution in [0, 0.1) is 0 Å². The molecule has 0 spiro atoms. The zero-order chi connectivity index (χ0) is 18.4. The van der Waals surface area contributed by atoms with Gasteiger partial charge in [-0.3, -0.25) is 14.4 Å². The van der Waals surface area contributed by atoms with E-state index >= 15 is 0 Å². The average Bonchev–Trinajstić information content (AvgIpc) is 2.62. The zero-order valence-corrected chi connectivity index (χ0v) is 14.8. The van der Waals surface area contributed by atoms with Gasteiger partial charge >= 0.3 is 0 Å². The number of benzene rings is 1. The van der Waals surface area contributed by atoms with Gasteiger partial charge in [-0.05, 0) is 37.1 Å². The van der Waals surface area contributed by atoms with Gasteiger partial charge in [-0.15, -0.1) is 0 Å². The van der Waals surface area contributed by atoms with Gasteiger partial charge in [0, 0.05) is 25.2 Å². The van der Waals surface area contributed by atoms with Crippen LogP contribution in [0.3, 0.4) is 0 Å². The van der Waals surface area contributed by atoms with E-state index in [-0.39, 0.29) is 17.7 Å². The third-order valence-electron chi connectivity index (χ3n) is 4.54. The molecule has 1 atom stereocenters. The molecule has 6 heteroatoms. The summed E-state index contributed by atoms with van der Waals surface area (Å²) in [5, 5.41) is 5.55. The molecule has 0 bridgehead atoms. The number of carbonyl (C=O) groups is 3. The Morgan fingerprint density at radius 2 is 2.04 bits per heavy atom. The number of hydrogen-bond acceptors (Lipinski definition) is 3. The van der Waals surface area contributed by atoms with Crippen molar-refractivity contribution in [2.45, 2.75) is 38.8 Å². The van der Waals surface area contributed by atoms with Gasteiger partial charge in [0.2, 0.25) is 11.8 Å². The summed E-state index contributed by atoms with van der Waals surface area (Å²) in [5.41, 5.74) is 0.607. The maximum absolute atomic E-state index is 12.9. The monoisotopic (exact) mass is 343 g/mol. The highest BCUT2D eigenvalue weighted by atomic mass is 16.2. The van der Waals surface area contributed by atoms with Crippen LogP contribution >= 0.6 is 0 Å². The molecule has 0 aliphatic carbocycles. The van der Waals surface area contributed by atoms with Crippen molar-refractivity contribution in [1.82, 2.24) is 15.5 Å². The highest BCUT2D eigenvalue weighted by Crippen LogP contribution is 2.26. The molecule has 25 heavy (non-hydrogen) atoms. The maximum atomic E-state index is 12.9. The second-order valence-corrected chi connectivity index (χ2v) is 6.36.